The topological polar surface area (TPSA) is 83.5 Å². The lowest BCUT2D eigenvalue weighted by molar-refractivity contribution is 0.0916. The highest BCUT2D eigenvalue weighted by Crippen LogP contribution is 2.25. The van der Waals surface area contributed by atoms with Crippen LogP contribution in [0, 0.1) is 5.92 Å². The molecule has 25 heavy (non-hydrogen) atoms. The molecule has 0 unspecified atom stereocenters. The van der Waals surface area contributed by atoms with E-state index < -0.39 is 9.84 Å². The van der Waals surface area contributed by atoms with Gasteiger partial charge in [-0.25, -0.2) is 8.42 Å². The molecule has 0 heterocycles. The van der Waals surface area contributed by atoms with Crippen LogP contribution < -0.4 is 5.32 Å². The van der Waals surface area contributed by atoms with Crippen LogP contribution in [-0.2, 0) is 9.84 Å². The van der Waals surface area contributed by atoms with Crippen molar-refractivity contribution >= 4 is 15.7 Å². The van der Waals surface area contributed by atoms with E-state index in [0.717, 1.165) is 19.3 Å². The lowest BCUT2D eigenvalue weighted by atomic mass is 10.0. The van der Waals surface area contributed by atoms with E-state index >= 15 is 0 Å². The number of aliphatic hydroxyl groups is 1. The summed E-state index contributed by atoms with van der Waals surface area (Å²) < 4.78 is 25.1. The van der Waals surface area contributed by atoms with Crippen LogP contribution in [0.25, 0.3) is 0 Å². The maximum absolute atomic E-state index is 12.5. The average Bonchev–Trinajstić information content (AvgIpc) is 3.09. The van der Waals surface area contributed by atoms with Crippen LogP contribution in [0.5, 0.6) is 0 Å². The molecule has 2 aromatic carbocycles. The highest BCUT2D eigenvalue weighted by Gasteiger charge is 2.28. The van der Waals surface area contributed by atoms with Crippen molar-refractivity contribution in [1.29, 1.82) is 0 Å². The second-order valence-electron chi connectivity index (χ2n) is 6.29. The van der Waals surface area contributed by atoms with Crippen LogP contribution >= 0.6 is 0 Å². The Morgan fingerprint density at radius 3 is 2.28 bits per heavy atom. The van der Waals surface area contributed by atoms with Crippen LogP contribution in [0.1, 0.15) is 29.6 Å². The highest BCUT2D eigenvalue weighted by molar-refractivity contribution is 7.91. The molecule has 1 saturated carbocycles. The third kappa shape index (κ3) is 3.75. The van der Waals surface area contributed by atoms with Crippen molar-refractivity contribution in [3.63, 3.8) is 0 Å². The van der Waals surface area contributed by atoms with Crippen LogP contribution in [0.3, 0.4) is 0 Å². The first kappa shape index (κ1) is 17.6. The van der Waals surface area contributed by atoms with Crippen molar-refractivity contribution in [2.75, 3.05) is 6.61 Å². The molecule has 2 N–H and O–H groups in total. The lowest BCUT2D eigenvalue weighted by Crippen LogP contribution is -2.38. The largest absolute Gasteiger partial charge is 0.396 e. The fourth-order valence-electron chi connectivity index (χ4n) is 3.22. The molecule has 6 heteroatoms. The molecule has 3 rings (SSSR count). The maximum Gasteiger partial charge on any atom is 0.251 e. The standard InChI is InChI=1S/C19H21NO4S/c21-13-15-5-4-8-18(15)20-19(22)14-9-11-17(12-10-14)25(23,24)16-6-2-1-3-7-16/h1-3,6-7,9-12,15,18,21H,4-5,8,13H2,(H,20,22)/t15-,18-/m0/s1. The molecule has 0 bridgehead atoms. The van der Waals surface area contributed by atoms with Gasteiger partial charge in [0.2, 0.25) is 9.84 Å². The summed E-state index contributed by atoms with van der Waals surface area (Å²) in [6, 6.07) is 14.1. The van der Waals surface area contributed by atoms with Crippen LogP contribution in [0.2, 0.25) is 0 Å². The van der Waals surface area contributed by atoms with Crippen molar-refractivity contribution in [3.05, 3.63) is 60.2 Å². The van der Waals surface area contributed by atoms with E-state index in [2.05, 4.69) is 5.32 Å². The fourth-order valence-corrected chi connectivity index (χ4v) is 4.50. The van der Waals surface area contributed by atoms with Gasteiger partial charge in [-0.15, -0.1) is 0 Å². The van der Waals surface area contributed by atoms with Crippen LogP contribution in [0.15, 0.2) is 64.4 Å². The molecule has 0 aliphatic heterocycles. The minimum absolute atomic E-state index is 0.0229. The van der Waals surface area contributed by atoms with Gasteiger partial charge in [0.05, 0.1) is 9.79 Å². The quantitative estimate of drug-likeness (QED) is 0.859. The van der Waals surface area contributed by atoms with Crippen molar-refractivity contribution in [3.8, 4) is 0 Å². The Labute approximate surface area is 147 Å². The number of carbonyl (C=O) groups is 1. The fraction of sp³-hybridized carbons (Fsp3) is 0.316. The molecule has 1 amide bonds. The van der Waals surface area contributed by atoms with E-state index in [0.29, 0.717) is 5.56 Å². The van der Waals surface area contributed by atoms with E-state index in [1.165, 1.54) is 24.3 Å². The molecule has 0 saturated heterocycles. The second kappa shape index (κ2) is 7.37. The van der Waals surface area contributed by atoms with E-state index in [4.69, 9.17) is 0 Å². The van der Waals surface area contributed by atoms with Crippen molar-refractivity contribution in [1.82, 2.24) is 5.32 Å². The third-order valence-corrected chi connectivity index (χ3v) is 6.48. The zero-order valence-electron chi connectivity index (χ0n) is 13.8. The first-order valence-electron chi connectivity index (χ1n) is 8.34. The first-order chi connectivity index (χ1) is 12.0. The predicted molar refractivity (Wildman–Crippen MR) is 94.0 cm³/mol. The first-order valence-corrected chi connectivity index (χ1v) is 9.82. The molecule has 1 fully saturated rings. The predicted octanol–water partition coefficient (Wildman–Crippen LogP) is 2.41. The van der Waals surface area contributed by atoms with Gasteiger partial charge in [0, 0.05) is 24.1 Å². The molecule has 2 aromatic rings. The van der Waals surface area contributed by atoms with E-state index in [1.54, 1.807) is 30.3 Å². The minimum Gasteiger partial charge on any atom is -0.396 e. The summed E-state index contributed by atoms with van der Waals surface area (Å²) in [6.45, 7) is 0.0687. The molecule has 132 valence electrons. The average molecular weight is 359 g/mol. The normalized spacial score (nSPS) is 20.4. The maximum atomic E-state index is 12.5. The van der Waals surface area contributed by atoms with Crippen molar-refractivity contribution in [2.45, 2.75) is 35.1 Å². The van der Waals surface area contributed by atoms with Gasteiger partial charge in [0.15, 0.2) is 0 Å². The summed E-state index contributed by atoms with van der Waals surface area (Å²) in [6.07, 6.45) is 2.76. The lowest BCUT2D eigenvalue weighted by Gasteiger charge is -2.19. The monoisotopic (exact) mass is 359 g/mol. The SMILES string of the molecule is O=C(N[C@H]1CCC[C@H]1CO)c1ccc(S(=O)(=O)c2ccccc2)cc1. The van der Waals surface area contributed by atoms with Gasteiger partial charge < -0.3 is 10.4 Å². The Kier molecular flexibility index (Phi) is 5.20. The highest BCUT2D eigenvalue weighted by atomic mass is 32.2. The van der Waals surface area contributed by atoms with Gasteiger partial charge >= 0.3 is 0 Å². The summed E-state index contributed by atoms with van der Waals surface area (Å²) in [5.74, 6) is -0.143. The third-order valence-electron chi connectivity index (χ3n) is 4.69. The number of sulfone groups is 1. The molecule has 5 nitrogen and oxygen atoms in total. The summed E-state index contributed by atoms with van der Waals surface area (Å²) in [7, 11) is -3.58. The van der Waals surface area contributed by atoms with Gasteiger partial charge in [-0.2, -0.15) is 0 Å². The van der Waals surface area contributed by atoms with Crippen molar-refractivity contribution < 1.29 is 18.3 Å². The van der Waals surface area contributed by atoms with Gasteiger partial charge in [-0.05, 0) is 49.2 Å². The summed E-state index contributed by atoms with van der Waals surface area (Å²) >= 11 is 0. The number of carbonyl (C=O) groups excluding carboxylic acids is 1. The number of hydrogen-bond acceptors (Lipinski definition) is 4. The zero-order chi connectivity index (χ0) is 17.9. The second-order valence-corrected chi connectivity index (χ2v) is 8.24. The summed E-state index contributed by atoms with van der Waals surface area (Å²) in [4.78, 5) is 12.7. The molecule has 0 spiro atoms. The Morgan fingerprint density at radius 1 is 1.00 bits per heavy atom. The smallest absolute Gasteiger partial charge is 0.251 e. The van der Waals surface area contributed by atoms with Gasteiger partial charge in [-0.1, -0.05) is 24.6 Å². The van der Waals surface area contributed by atoms with Gasteiger partial charge in [0.25, 0.3) is 5.91 Å². The number of amides is 1. The molecule has 1 aliphatic rings. The number of hydrogen-bond donors (Lipinski definition) is 2. The van der Waals surface area contributed by atoms with E-state index in [1.807, 2.05) is 0 Å². The minimum atomic E-state index is -3.58. The van der Waals surface area contributed by atoms with Crippen molar-refractivity contribution in [2.24, 2.45) is 5.92 Å². The Balaban J connectivity index is 1.75. The molecule has 2 atom stereocenters. The molecule has 1 aliphatic carbocycles. The molecule has 0 aromatic heterocycles. The Hall–Kier alpha value is -2.18. The van der Waals surface area contributed by atoms with E-state index in [9.17, 15) is 18.3 Å². The van der Waals surface area contributed by atoms with Gasteiger partial charge in [0.1, 0.15) is 0 Å². The molecular formula is C19H21NO4S. The van der Waals surface area contributed by atoms with Crippen LogP contribution in [0.4, 0.5) is 0 Å². The molecular weight excluding hydrogens is 338 g/mol. The number of aliphatic hydroxyl groups excluding tert-OH is 1. The number of benzene rings is 2. The van der Waals surface area contributed by atoms with Crippen LogP contribution in [-0.4, -0.2) is 32.1 Å². The van der Waals surface area contributed by atoms with Gasteiger partial charge in [-0.3, -0.25) is 4.79 Å². The molecule has 0 radical (unpaired) electrons. The Morgan fingerprint density at radius 2 is 1.64 bits per heavy atom. The number of rotatable bonds is 5. The number of nitrogens with one attached hydrogen (secondary N) is 1. The summed E-state index contributed by atoms with van der Waals surface area (Å²) in [5.41, 5.74) is 0.413. The Bertz CT molecular complexity index is 831. The zero-order valence-corrected chi connectivity index (χ0v) is 14.6. The van der Waals surface area contributed by atoms with E-state index in [-0.39, 0.29) is 34.3 Å². The summed E-state index contributed by atoms with van der Waals surface area (Å²) in [5, 5.41) is 12.3.